The van der Waals surface area contributed by atoms with Gasteiger partial charge in [0.15, 0.2) is 5.69 Å². The Labute approximate surface area is 197 Å². The van der Waals surface area contributed by atoms with Gasteiger partial charge in [0.05, 0.1) is 32.4 Å². The van der Waals surface area contributed by atoms with Crippen molar-refractivity contribution in [1.82, 2.24) is 19.7 Å². The van der Waals surface area contributed by atoms with Gasteiger partial charge in [-0.15, -0.1) is 0 Å². The normalized spacial score (nSPS) is 13.1. The molecule has 0 atom stereocenters. The van der Waals surface area contributed by atoms with Gasteiger partial charge in [0.25, 0.3) is 5.91 Å². The summed E-state index contributed by atoms with van der Waals surface area (Å²) in [6.45, 7) is 3.37. The van der Waals surface area contributed by atoms with E-state index in [1.54, 1.807) is 25.1 Å². The molecule has 0 unspecified atom stereocenters. The van der Waals surface area contributed by atoms with Crippen LogP contribution in [-0.2, 0) is 24.2 Å². The van der Waals surface area contributed by atoms with Crippen LogP contribution in [0, 0.1) is 0 Å². The number of hydrogen-bond donors (Lipinski definition) is 1. The first-order chi connectivity index (χ1) is 16.6. The first kappa shape index (κ1) is 21.8. The monoisotopic (exact) mass is 458 g/mol. The van der Waals surface area contributed by atoms with Crippen molar-refractivity contribution in [3.05, 3.63) is 82.8 Å². The molecule has 1 N–H and O–H groups in total. The van der Waals surface area contributed by atoms with Gasteiger partial charge in [-0.1, -0.05) is 30.3 Å². The van der Waals surface area contributed by atoms with Crippen molar-refractivity contribution in [2.24, 2.45) is 0 Å². The highest BCUT2D eigenvalue weighted by atomic mass is 16.5. The van der Waals surface area contributed by atoms with Crippen LogP contribution in [0.3, 0.4) is 0 Å². The van der Waals surface area contributed by atoms with Crippen molar-refractivity contribution in [2.75, 3.05) is 20.3 Å². The number of para-hydroxylation sites is 1. The lowest BCUT2D eigenvalue weighted by atomic mass is 10.0. The van der Waals surface area contributed by atoms with E-state index in [0.29, 0.717) is 31.6 Å². The molecule has 4 aromatic rings. The van der Waals surface area contributed by atoms with Gasteiger partial charge in [0.1, 0.15) is 5.75 Å². The number of methoxy groups -OCH3 is 1. The molecule has 5 rings (SSSR count). The molecule has 0 aliphatic carbocycles. The minimum absolute atomic E-state index is 0.0709. The van der Waals surface area contributed by atoms with E-state index in [0.717, 1.165) is 33.5 Å². The number of fused-ring (bicyclic) bond motifs is 2. The van der Waals surface area contributed by atoms with Crippen molar-refractivity contribution in [3.63, 3.8) is 0 Å². The Morgan fingerprint density at radius 2 is 2.00 bits per heavy atom. The summed E-state index contributed by atoms with van der Waals surface area (Å²) in [5, 5.41) is 5.51. The maximum atomic E-state index is 13.4. The smallest absolute Gasteiger partial charge is 0.359 e. The number of ether oxygens (including phenoxy) is 2. The lowest BCUT2D eigenvalue weighted by Gasteiger charge is -2.27. The number of hydrogen-bond acceptors (Lipinski definition) is 5. The highest BCUT2D eigenvalue weighted by Crippen LogP contribution is 2.27. The summed E-state index contributed by atoms with van der Waals surface area (Å²) in [6, 6.07) is 15.5. The van der Waals surface area contributed by atoms with Crippen LogP contribution in [0.25, 0.3) is 10.9 Å². The average molecular weight is 459 g/mol. The van der Waals surface area contributed by atoms with E-state index in [2.05, 4.69) is 10.1 Å². The molecule has 1 amide bonds. The van der Waals surface area contributed by atoms with Crippen LogP contribution in [0.4, 0.5) is 0 Å². The maximum Gasteiger partial charge on any atom is 0.359 e. The van der Waals surface area contributed by atoms with E-state index in [9.17, 15) is 9.59 Å². The Balaban J connectivity index is 1.47. The van der Waals surface area contributed by atoms with E-state index in [1.807, 2.05) is 53.2 Å². The molecule has 34 heavy (non-hydrogen) atoms. The molecule has 0 spiro atoms. The van der Waals surface area contributed by atoms with Crippen molar-refractivity contribution >= 4 is 22.8 Å². The van der Waals surface area contributed by atoms with Gasteiger partial charge in [-0.05, 0) is 30.7 Å². The van der Waals surface area contributed by atoms with Gasteiger partial charge in [0, 0.05) is 41.3 Å². The van der Waals surface area contributed by atoms with E-state index < -0.39 is 5.97 Å². The van der Waals surface area contributed by atoms with E-state index in [4.69, 9.17) is 9.47 Å². The molecular weight excluding hydrogens is 432 g/mol. The standard InChI is InChI=1S/C26H26N4O4/c1-3-34-26(32)24-21-16-29(25(31)20-14-27-22-10-5-4-9-19(20)22)12-11-23(21)30(28-24)15-17-7-6-8-18(13-17)33-2/h4-10,13-14,27H,3,11-12,15-16H2,1-2H3. The second-order valence-corrected chi connectivity index (χ2v) is 8.23. The number of amides is 1. The van der Waals surface area contributed by atoms with Crippen LogP contribution in [0.1, 0.15) is 44.6 Å². The third kappa shape index (κ3) is 3.91. The third-order valence-electron chi connectivity index (χ3n) is 6.18. The number of rotatable bonds is 6. The van der Waals surface area contributed by atoms with E-state index in [1.165, 1.54) is 0 Å². The van der Waals surface area contributed by atoms with Crippen LogP contribution in [-0.4, -0.2) is 51.8 Å². The highest BCUT2D eigenvalue weighted by molar-refractivity contribution is 6.06. The Morgan fingerprint density at radius 1 is 1.15 bits per heavy atom. The molecule has 1 aliphatic heterocycles. The molecule has 0 saturated carbocycles. The zero-order valence-corrected chi connectivity index (χ0v) is 19.2. The lowest BCUT2D eigenvalue weighted by molar-refractivity contribution is 0.0513. The highest BCUT2D eigenvalue weighted by Gasteiger charge is 2.31. The molecule has 2 aromatic heterocycles. The molecule has 8 nitrogen and oxygen atoms in total. The fourth-order valence-corrected chi connectivity index (χ4v) is 4.52. The number of benzene rings is 2. The first-order valence-corrected chi connectivity index (χ1v) is 11.3. The predicted molar refractivity (Wildman–Crippen MR) is 127 cm³/mol. The van der Waals surface area contributed by atoms with Crippen molar-refractivity contribution in [1.29, 1.82) is 0 Å². The summed E-state index contributed by atoms with van der Waals surface area (Å²) in [4.78, 5) is 31.1. The van der Waals surface area contributed by atoms with Crippen LogP contribution < -0.4 is 4.74 Å². The summed E-state index contributed by atoms with van der Waals surface area (Å²) in [7, 11) is 1.63. The molecule has 3 heterocycles. The Bertz CT molecular complexity index is 1370. The first-order valence-electron chi connectivity index (χ1n) is 11.3. The van der Waals surface area contributed by atoms with Gasteiger partial charge in [-0.2, -0.15) is 5.10 Å². The summed E-state index contributed by atoms with van der Waals surface area (Å²) in [5.74, 6) is 0.225. The molecule has 0 saturated heterocycles. The second kappa shape index (κ2) is 9.05. The van der Waals surface area contributed by atoms with Crippen molar-refractivity contribution in [3.8, 4) is 5.75 Å². The molecule has 0 fully saturated rings. The molecule has 0 radical (unpaired) electrons. The van der Waals surface area contributed by atoms with Gasteiger partial charge >= 0.3 is 5.97 Å². The van der Waals surface area contributed by atoms with Gasteiger partial charge in [-0.25, -0.2) is 4.79 Å². The Kier molecular flexibility index (Phi) is 5.79. The molecule has 1 aliphatic rings. The second-order valence-electron chi connectivity index (χ2n) is 8.23. The number of aromatic amines is 1. The average Bonchev–Trinajstić information content (AvgIpc) is 3.45. The number of carbonyl (C=O) groups is 2. The topological polar surface area (TPSA) is 89.4 Å². The number of nitrogens with one attached hydrogen (secondary N) is 1. The van der Waals surface area contributed by atoms with Crippen molar-refractivity contribution in [2.45, 2.75) is 26.4 Å². The summed E-state index contributed by atoms with van der Waals surface area (Å²) in [5.41, 5.74) is 4.53. The van der Waals surface area contributed by atoms with E-state index >= 15 is 0 Å². The molecule has 174 valence electrons. The number of nitrogens with zero attached hydrogens (tertiary/aromatic N) is 3. The van der Waals surface area contributed by atoms with Crippen LogP contribution in [0.15, 0.2) is 54.7 Å². The number of esters is 1. The SMILES string of the molecule is CCOC(=O)c1nn(Cc2cccc(OC)c2)c2c1CN(C(=O)c1c[nH]c3ccccc13)CC2. The van der Waals surface area contributed by atoms with Crippen LogP contribution in [0.2, 0.25) is 0 Å². The largest absolute Gasteiger partial charge is 0.497 e. The summed E-state index contributed by atoms with van der Waals surface area (Å²) in [6.07, 6.45) is 2.35. The summed E-state index contributed by atoms with van der Waals surface area (Å²) >= 11 is 0. The molecular formula is C26H26N4O4. The fourth-order valence-electron chi connectivity index (χ4n) is 4.52. The maximum absolute atomic E-state index is 13.4. The van der Waals surface area contributed by atoms with Gasteiger partial charge in [0.2, 0.25) is 0 Å². The molecule has 2 aromatic carbocycles. The quantitative estimate of drug-likeness (QED) is 0.444. The third-order valence-corrected chi connectivity index (χ3v) is 6.18. The predicted octanol–water partition coefficient (Wildman–Crippen LogP) is 3.80. The fraction of sp³-hybridized carbons (Fsp3) is 0.269. The molecule has 8 heteroatoms. The van der Waals surface area contributed by atoms with Crippen LogP contribution >= 0.6 is 0 Å². The van der Waals surface area contributed by atoms with Crippen molar-refractivity contribution < 1.29 is 19.1 Å². The zero-order valence-electron chi connectivity index (χ0n) is 19.2. The summed E-state index contributed by atoms with van der Waals surface area (Å²) < 4.78 is 12.5. The zero-order chi connectivity index (χ0) is 23.7. The Morgan fingerprint density at radius 3 is 2.82 bits per heavy atom. The number of aromatic nitrogens is 3. The number of carbonyl (C=O) groups excluding carboxylic acids is 2. The van der Waals surface area contributed by atoms with Gasteiger partial charge in [-0.3, -0.25) is 9.48 Å². The van der Waals surface area contributed by atoms with Gasteiger partial charge < -0.3 is 19.4 Å². The minimum Gasteiger partial charge on any atom is -0.497 e. The van der Waals surface area contributed by atoms with Crippen LogP contribution in [0.5, 0.6) is 5.75 Å². The number of H-pyrrole nitrogens is 1. The lowest BCUT2D eigenvalue weighted by Crippen LogP contribution is -2.36. The minimum atomic E-state index is -0.468. The Hall–Kier alpha value is -4.07. The molecule has 0 bridgehead atoms. The van der Waals surface area contributed by atoms with E-state index in [-0.39, 0.29) is 18.2 Å².